The average Bonchev–Trinajstić information content (AvgIpc) is 2.61. The molecule has 3 nitrogen and oxygen atoms in total. The van der Waals surface area contributed by atoms with Crippen LogP contribution in [0.1, 0.15) is 19.8 Å². The number of rotatable bonds is 2. The van der Waals surface area contributed by atoms with E-state index in [-0.39, 0.29) is 5.75 Å². The van der Waals surface area contributed by atoms with Crippen molar-refractivity contribution in [1.82, 2.24) is 4.31 Å². The lowest BCUT2D eigenvalue weighted by Crippen LogP contribution is -2.30. The monoisotopic (exact) mass is 215 g/mol. The summed E-state index contributed by atoms with van der Waals surface area (Å²) >= 11 is 0. The SMILES string of the molecule is CCS(=O)(=O)N1CC2CC=CCC2C1. The van der Waals surface area contributed by atoms with Crippen LogP contribution in [-0.2, 0) is 10.0 Å². The summed E-state index contributed by atoms with van der Waals surface area (Å²) < 4.78 is 25.0. The molecular formula is C10H17NO2S. The fourth-order valence-electron chi connectivity index (χ4n) is 2.38. The predicted octanol–water partition coefficient (Wildman–Crippen LogP) is 1.23. The molecular weight excluding hydrogens is 198 g/mol. The quantitative estimate of drug-likeness (QED) is 0.650. The summed E-state index contributed by atoms with van der Waals surface area (Å²) in [6, 6.07) is 0. The van der Waals surface area contributed by atoms with Crippen molar-refractivity contribution >= 4 is 10.0 Å². The molecule has 0 aromatic heterocycles. The zero-order valence-electron chi connectivity index (χ0n) is 8.52. The molecule has 0 bridgehead atoms. The summed E-state index contributed by atoms with van der Waals surface area (Å²) in [5.41, 5.74) is 0. The Morgan fingerprint density at radius 2 is 1.71 bits per heavy atom. The summed E-state index contributed by atoms with van der Waals surface area (Å²) in [7, 11) is -2.95. The van der Waals surface area contributed by atoms with Crippen LogP contribution < -0.4 is 0 Å². The summed E-state index contributed by atoms with van der Waals surface area (Å²) in [6.07, 6.45) is 6.48. The average molecular weight is 215 g/mol. The van der Waals surface area contributed by atoms with Gasteiger partial charge in [0.1, 0.15) is 0 Å². The molecule has 2 atom stereocenters. The van der Waals surface area contributed by atoms with E-state index < -0.39 is 10.0 Å². The molecule has 0 aromatic rings. The lowest BCUT2D eigenvalue weighted by Gasteiger charge is -2.18. The molecule has 0 amide bonds. The highest BCUT2D eigenvalue weighted by atomic mass is 32.2. The summed E-state index contributed by atoms with van der Waals surface area (Å²) in [6.45, 7) is 3.20. The van der Waals surface area contributed by atoms with Crippen LogP contribution in [0.2, 0.25) is 0 Å². The Morgan fingerprint density at radius 3 is 2.14 bits per heavy atom. The lowest BCUT2D eigenvalue weighted by molar-refractivity contribution is 0.411. The summed E-state index contributed by atoms with van der Waals surface area (Å²) in [5, 5.41) is 0. The van der Waals surface area contributed by atoms with Crippen molar-refractivity contribution in [2.45, 2.75) is 19.8 Å². The van der Waals surface area contributed by atoms with Crippen molar-refractivity contribution in [2.75, 3.05) is 18.8 Å². The van der Waals surface area contributed by atoms with Gasteiger partial charge in [-0.15, -0.1) is 0 Å². The molecule has 0 radical (unpaired) electrons. The zero-order chi connectivity index (χ0) is 10.2. The van der Waals surface area contributed by atoms with E-state index in [0.29, 0.717) is 11.8 Å². The van der Waals surface area contributed by atoms with Crippen molar-refractivity contribution in [2.24, 2.45) is 11.8 Å². The first-order chi connectivity index (χ1) is 6.63. The van der Waals surface area contributed by atoms with Gasteiger partial charge in [-0.3, -0.25) is 0 Å². The van der Waals surface area contributed by atoms with E-state index in [1.165, 1.54) is 0 Å². The van der Waals surface area contributed by atoms with Gasteiger partial charge in [0.2, 0.25) is 10.0 Å². The standard InChI is InChI=1S/C10H17NO2S/c1-2-14(12,13)11-7-9-5-3-4-6-10(9)8-11/h3-4,9-10H,2,5-8H2,1H3. The second-order valence-electron chi connectivity index (χ2n) is 4.18. The molecule has 0 spiro atoms. The minimum atomic E-state index is -2.95. The Hall–Kier alpha value is -0.350. The number of allylic oxidation sites excluding steroid dienone is 2. The van der Waals surface area contributed by atoms with Crippen LogP contribution in [0, 0.1) is 11.8 Å². The van der Waals surface area contributed by atoms with Crippen molar-refractivity contribution in [3.8, 4) is 0 Å². The molecule has 1 aliphatic heterocycles. The fraction of sp³-hybridized carbons (Fsp3) is 0.800. The van der Waals surface area contributed by atoms with Crippen LogP contribution >= 0.6 is 0 Å². The van der Waals surface area contributed by atoms with E-state index in [4.69, 9.17) is 0 Å². The first-order valence-electron chi connectivity index (χ1n) is 5.26. The largest absolute Gasteiger partial charge is 0.213 e. The summed E-state index contributed by atoms with van der Waals surface area (Å²) in [5.74, 6) is 1.38. The van der Waals surface area contributed by atoms with E-state index in [1.807, 2.05) is 0 Å². The highest BCUT2D eigenvalue weighted by Gasteiger charge is 2.37. The van der Waals surface area contributed by atoms with E-state index >= 15 is 0 Å². The normalized spacial score (nSPS) is 33.2. The van der Waals surface area contributed by atoms with Gasteiger partial charge in [-0.1, -0.05) is 12.2 Å². The van der Waals surface area contributed by atoms with Crippen molar-refractivity contribution in [3.05, 3.63) is 12.2 Å². The summed E-state index contributed by atoms with van der Waals surface area (Å²) in [4.78, 5) is 0. The number of nitrogens with zero attached hydrogens (tertiary/aromatic N) is 1. The number of sulfonamides is 1. The third-order valence-electron chi connectivity index (χ3n) is 3.35. The maximum absolute atomic E-state index is 11.7. The maximum atomic E-state index is 11.7. The van der Waals surface area contributed by atoms with Crippen LogP contribution in [-0.4, -0.2) is 31.6 Å². The molecule has 0 aromatic carbocycles. The van der Waals surface area contributed by atoms with Gasteiger partial charge in [0.25, 0.3) is 0 Å². The fourth-order valence-corrected chi connectivity index (χ4v) is 3.58. The Labute approximate surface area is 85.8 Å². The van der Waals surface area contributed by atoms with Crippen molar-refractivity contribution in [1.29, 1.82) is 0 Å². The second kappa shape index (κ2) is 3.66. The van der Waals surface area contributed by atoms with Crippen molar-refractivity contribution in [3.63, 3.8) is 0 Å². The number of hydrogen-bond donors (Lipinski definition) is 0. The third-order valence-corrected chi connectivity index (χ3v) is 5.16. The van der Waals surface area contributed by atoms with Gasteiger partial charge in [0, 0.05) is 13.1 Å². The van der Waals surface area contributed by atoms with Gasteiger partial charge >= 0.3 is 0 Å². The Morgan fingerprint density at radius 1 is 1.21 bits per heavy atom. The van der Waals surface area contributed by atoms with Crippen LogP contribution in [0.3, 0.4) is 0 Å². The second-order valence-corrected chi connectivity index (χ2v) is 6.44. The van der Waals surface area contributed by atoms with E-state index in [0.717, 1.165) is 25.9 Å². The van der Waals surface area contributed by atoms with Gasteiger partial charge in [-0.25, -0.2) is 12.7 Å². The molecule has 1 heterocycles. The topological polar surface area (TPSA) is 37.4 Å². The van der Waals surface area contributed by atoms with Gasteiger partial charge in [0.15, 0.2) is 0 Å². The van der Waals surface area contributed by atoms with Crippen LogP contribution in [0.15, 0.2) is 12.2 Å². The molecule has 14 heavy (non-hydrogen) atoms. The van der Waals surface area contributed by atoms with Crippen LogP contribution in [0.25, 0.3) is 0 Å². The maximum Gasteiger partial charge on any atom is 0.213 e. The Kier molecular flexibility index (Phi) is 2.66. The third kappa shape index (κ3) is 1.73. The molecule has 2 unspecified atom stereocenters. The molecule has 0 N–H and O–H groups in total. The van der Waals surface area contributed by atoms with E-state index in [9.17, 15) is 8.42 Å². The highest BCUT2D eigenvalue weighted by molar-refractivity contribution is 7.89. The van der Waals surface area contributed by atoms with Crippen molar-refractivity contribution < 1.29 is 8.42 Å². The first kappa shape index (κ1) is 10.2. The molecule has 2 aliphatic rings. The van der Waals surface area contributed by atoms with Gasteiger partial charge in [-0.05, 0) is 31.6 Å². The smallest absolute Gasteiger partial charge is 0.212 e. The highest BCUT2D eigenvalue weighted by Crippen LogP contribution is 2.33. The molecule has 4 heteroatoms. The number of hydrogen-bond acceptors (Lipinski definition) is 2. The predicted molar refractivity (Wildman–Crippen MR) is 56.4 cm³/mol. The number of fused-ring (bicyclic) bond motifs is 1. The van der Waals surface area contributed by atoms with Gasteiger partial charge in [0.05, 0.1) is 5.75 Å². The minimum absolute atomic E-state index is 0.236. The molecule has 1 fully saturated rings. The van der Waals surface area contributed by atoms with E-state index in [1.54, 1.807) is 11.2 Å². The Balaban J connectivity index is 2.09. The zero-order valence-corrected chi connectivity index (χ0v) is 9.33. The van der Waals surface area contributed by atoms with Gasteiger partial charge in [-0.2, -0.15) is 0 Å². The minimum Gasteiger partial charge on any atom is -0.212 e. The Bertz CT molecular complexity index is 318. The molecule has 1 aliphatic carbocycles. The van der Waals surface area contributed by atoms with Crippen LogP contribution in [0.4, 0.5) is 0 Å². The van der Waals surface area contributed by atoms with E-state index in [2.05, 4.69) is 12.2 Å². The molecule has 1 saturated heterocycles. The van der Waals surface area contributed by atoms with Gasteiger partial charge < -0.3 is 0 Å². The molecule has 2 rings (SSSR count). The molecule has 0 saturated carbocycles. The lowest BCUT2D eigenvalue weighted by atomic mass is 9.86. The molecule has 80 valence electrons. The van der Waals surface area contributed by atoms with Crippen LogP contribution in [0.5, 0.6) is 0 Å². The first-order valence-corrected chi connectivity index (χ1v) is 6.87.